The van der Waals surface area contributed by atoms with Gasteiger partial charge in [0.2, 0.25) is 5.91 Å². The van der Waals surface area contributed by atoms with Gasteiger partial charge in [0.1, 0.15) is 0 Å². The van der Waals surface area contributed by atoms with Crippen molar-refractivity contribution in [2.24, 2.45) is 11.8 Å². The predicted molar refractivity (Wildman–Crippen MR) is 82.7 cm³/mol. The topological polar surface area (TPSA) is 82.1 Å². The lowest BCUT2D eigenvalue weighted by Crippen LogP contribution is -2.48. The molecule has 1 aliphatic carbocycles. The first kappa shape index (κ1) is 16.4. The number of pyridine rings is 1. The van der Waals surface area contributed by atoms with Crippen molar-refractivity contribution in [1.82, 2.24) is 10.3 Å². The van der Waals surface area contributed by atoms with Crippen LogP contribution >= 0.6 is 31.9 Å². The predicted octanol–water partition coefficient (Wildman–Crippen LogP) is 1.00. The van der Waals surface area contributed by atoms with Crippen molar-refractivity contribution >= 4 is 43.7 Å². The van der Waals surface area contributed by atoms with Crippen LogP contribution in [0.5, 0.6) is 0 Å². The van der Waals surface area contributed by atoms with E-state index in [1.54, 1.807) is 18.5 Å². The lowest BCUT2D eigenvalue weighted by atomic mass is 9.78. The molecule has 0 aliphatic heterocycles. The molecule has 1 aromatic rings. The van der Waals surface area contributed by atoms with Gasteiger partial charge in [0.25, 0.3) is 0 Å². The maximum absolute atomic E-state index is 12.3. The average molecular weight is 419 g/mol. The van der Waals surface area contributed by atoms with Crippen LogP contribution in [0.2, 0.25) is 0 Å². The van der Waals surface area contributed by atoms with Gasteiger partial charge in [-0.2, -0.15) is 0 Å². The van der Waals surface area contributed by atoms with E-state index in [9.17, 15) is 14.7 Å². The summed E-state index contributed by atoms with van der Waals surface area (Å²) in [4.78, 5) is 27.6. The summed E-state index contributed by atoms with van der Waals surface area (Å²) >= 11 is 6.92. The van der Waals surface area contributed by atoms with E-state index in [4.69, 9.17) is 0 Å². The lowest BCUT2D eigenvalue weighted by Gasteiger charge is -2.36. The Hall–Kier alpha value is -0.950. The fourth-order valence-electron chi connectivity index (χ4n) is 2.48. The number of hydrogen-bond acceptors (Lipinski definition) is 4. The molecule has 0 spiro atoms. The molecule has 114 valence electrons. The molecule has 0 radical (unpaired) electrons. The molecule has 0 bridgehead atoms. The first-order valence-electron chi connectivity index (χ1n) is 6.64. The Kier molecular flexibility index (Phi) is 5.75. The molecule has 0 saturated heterocycles. The van der Waals surface area contributed by atoms with Crippen LogP contribution in [0.4, 0.5) is 0 Å². The Balaban J connectivity index is 2.00. The van der Waals surface area contributed by atoms with Gasteiger partial charge >= 0.3 is 0 Å². The van der Waals surface area contributed by atoms with Gasteiger partial charge in [0.05, 0.1) is 0 Å². The normalized spacial score (nSPS) is 28.9. The molecule has 2 rings (SSSR count). The average Bonchev–Trinajstić information content (AvgIpc) is 2.48. The summed E-state index contributed by atoms with van der Waals surface area (Å²) < 4.78 is 0. The zero-order chi connectivity index (χ0) is 15.4. The van der Waals surface area contributed by atoms with Crippen molar-refractivity contribution in [3.63, 3.8) is 0 Å². The van der Waals surface area contributed by atoms with E-state index in [-0.39, 0.29) is 15.6 Å². The second-order valence-electron chi connectivity index (χ2n) is 5.11. The van der Waals surface area contributed by atoms with Gasteiger partial charge in [-0.25, -0.2) is 0 Å². The summed E-state index contributed by atoms with van der Waals surface area (Å²) in [6.45, 7) is 0.341. The standard InChI is InChI=1S/C14H16Br2N2O3/c15-11-4-9(10(14(20)21)5-12(11)16)13(19)18-7-8-2-1-3-17-6-8/h1-3,6,9-12H,4-5,7H2,(H,18,19)(H,20,21)/p-1/t9-,10-,11+,12+/m1/s1. The molecule has 21 heavy (non-hydrogen) atoms. The zero-order valence-corrected chi connectivity index (χ0v) is 14.3. The van der Waals surface area contributed by atoms with Crippen LogP contribution in [-0.2, 0) is 16.1 Å². The molecule has 1 aromatic heterocycles. The second kappa shape index (κ2) is 7.35. The molecule has 4 atom stereocenters. The smallest absolute Gasteiger partial charge is 0.224 e. The molecule has 1 aliphatic rings. The van der Waals surface area contributed by atoms with E-state index in [2.05, 4.69) is 42.2 Å². The molecule has 5 nitrogen and oxygen atoms in total. The number of carbonyl (C=O) groups excluding carboxylic acids is 2. The van der Waals surface area contributed by atoms with Crippen molar-refractivity contribution in [1.29, 1.82) is 0 Å². The number of nitrogens with one attached hydrogen (secondary N) is 1. The molecule has 1 N–H and O–H groups in total. The van der Waals surface area contributed by atoms with Gasteiger partial charge in [-0.15, -0.1) is 0 Å². The molecule has 0 aromatic carbocycles. The lowest BCUT2D eigenvalue weighted by molar-refractivity contribution is -0.313. The number of aliphatic carboxylic acids is 1. The minimum atomic E-state index is -1.17. The molecular weight excluding hydrogens is 404 g/mol. The SMILES string of the molecule is O=C([O-])[C@@H]1C[C@H](Br)[C@@H](Br)C[C@H]1C(=O)NCc1cccnc1. The number of aromatic nitrogens is 1. The van der Waals surface area contributed by atoms with E-state index in [1.165, 1.54) is 0 Å². The van der Waals surface area contributed by atoms with E-state index in [0.29, 0.717) is 19.4 Å². The number of alkyl halides is 2. The van der Waals surface area contributed by atoms with Crippen LogP contribution in [0.25, 0.3) is 0 Å². The van der Waals surface area contributed by atoms with Crippen molar-refractivity contribution in [3.05, 3.63) is 30.1 Å². The Labute approximate surface area is 139 Å². The molecule has 7 heteroatoms. The van der Waals surface area contributed by atoms with Crippen molar-refractivity contribution in [2.75, 3.05) is 0 Å². The number of hydrogen-bond donors (Lipinski definition) is 1. The molecule has 1 fully saturated rings. The van der Waals surface area contributed by atoms with E-state index in [1.807, 2.05) is 6.07 Å². The van der Waals surface area contributed by atoms with Gasteiger partial charge in [-0.1, -0.05) is 37.9 Å². The summed E-state index contributed by atoms with van der Waals surface area (Å²) in [5.74, 6) is -2.76. The third-order valence-corrected chi connectivity index (χ3v) is 6.40. The number of rotatable bonds is 4. The van der Waals surface area contributed by atoms with Crippen molar-refractivity contribution < 1.29 is 14.7 Å². The summed E-state index contributed by atoms with van der Waals surface area (Å²) in [6, 6.07) is 3.64. The number of nitrogens with zero attached hydrogens (tertiary/aromatic N) is 1. The van der Waals surface area contributed by atoms with Crippen molar-refractivity contribution in [2.45, 2.75) is 29.0 Å². The van der Waals surface area contributed by atoms with Gasteiger partial charge in [-0.05, 0) is 24.5 Å². The van der Waals surface area contributed by atoms with Crippen LogP contribution in [-0.4, -0.2) is 26.5 Å². The first-order valence-corrected chi connectivity index (χ1v) is 8.47. The number of amides is 1. The molecule has 0 unspecified atom stereocenters. The fraction of sp³-hybridized carbons (Fsp3) is 0.500. The van der Waals surface area contributed by atoms with Gasteiger partial charge in [0.15, 0.2) is 0 Å². The highest BCUT2D eigenvalue weighted by Gasteiger charge is 2.39. The Morgan fingerprint density at radius 3 is 2.52 bits per heavy atom. The summed E-state index contributed by atoms with van der Waals surface area (Å²) in [7, 11) is 0. The van der Waals surface area contributed by atoms with Crippen LogP contribution in [0.1, 0.15) is 18.4 Å². The summed E-state index contributed by atoms with van der Waals surface area (Å²) in [5.41, 5.74) is 0.875. The fourth-order valence-corrected chi connectivity index (χ4v) is 3.72. The molecule has 1 saturated carbocycles. The second-order valence-corrected chi connectivity index (χ2v) is 7.47. The van der Waals surface area contributed by atoms with Gasteiger partial charge < -0.3 is 15.2 Å². The summed E-state index contributed by atoms with van der Waals surface area (Å²) in [5, 5.41) is 14.0. The number of carboxylic acid groups (broad SMARTS) is 1. The minimum Gasteiger partial charge on any atom is -0.550 e. The maximum atomic E-state index is 12.3. The number of halogens is 2. The van der Waals surface area contributed by atoms with Crippen LogP contribution < -0.4 is 10.4 Å². The van der Waals surface area contributed by atoms with Crippen LogP contribution in [0.15, 0.2) is 24.5 Å². The molecule has 1 heterocycles. The highest BCUT2D eigenvalue weighted by atomic mass is 79.9. The highest BCUT2D eigenvalue weighted by molar-refractivity contribution is 9.12. The summed E-state index contributed by atoms with van der Waals surface area (Å²) in [6.07, 6.45) is 4.17. The Bertz CT molecular complexity index is 512. The van der Waals surface area contributed by atoms with E-state index < -0.39 is 17.8 Å². The van der Waals surface area contributed by atoms with E-state index in [0.717, 1.165) is 5.56 Å². The third-order valence-electron chi connectivity index (χ3n) is 3.67. The van der Waals surface area contributed by atoms with E-state index >= 15 is 0 Å². The van der Waals surface area contributed by atoms with Gasteiger partial charge in [0, 0.05) is 46.4 Å². The number of carbonyl (C=O) groups is 2. The van der Waals surface area contributed by atoms with Crippen LogP contribution in [0.3, 0.4) is 0 Å². The largest absolute Gasteiger partial charge is 0.550 e. The zero-order valence-electron chi connectivity index (χ0n) is 11.2. The maximum Gasteiger partial charge on any atom is 0.224 e. The Morgan fingerprint density at radius 2 is 1.95 bits per heavy atom. The minimum absolute atomic E-state index is 0.0303. The monoisotopic (exact) mass is 417 g/mol. The van der Waals surface area contributed by atoms with Gasteiger partial charge in [-0.3, -0.25) is 9.78 Å². The third kappa shape index (κ3) is 4.26. The number of carboxylic acids is 1. The molecular formula is C14H15Br2N2O3-. The molecule has 1 amide bonds. The first-order chi connectivity index (χ1) is 9.99. The highest BCUT2D eigenvalue weighted by Crippen LogP contribution is 2.37. The van der Waals surface area contributed by atoms with Crippen molar-refractivity contribution in [3.8, 4) is 0 Å². The van der Waals surface area contributed by atoms with Crippen LogP contribution in [0, 0.1) is 11.8 Å². The Morgan fingerprint density at radius 1 is 1.29 bits per heavy atom. The quantitative estimate of drug-likeness (QED) is 0.739.